The summed E-state index contributed by atoms with van der Waals surface area (Å²) in [5.41, 5.74) is 5.84. The maximum Gasteiger partial charge on any atom is 0.328 e. The zero-order chi connectivity index (χ0) is 43.1. The van der Waals surface area contributed by atoms with Crippen LogP contribution in [0.5, 0.6) is 0 Å². The van der Waals surface area contributed by atoms with Gasteiger partial charge in [0.05, 0.1) is 6.10 Å². The highest BCUT2D eigenvalue weighted by atomic mass is 16.4. The van der Waals surface area contributed by atoms with E-state index < -0.39 is 95.7 Å². The number of aliphatic carboxylic acids is 1. The molecule has 7 amide bonds. The van der Waals surface area contributed by atoms with Crippen LogP contribution in [-0.2, 0) is 38.4 Å². The van der Waals surface area contributed by atoms with Crippen LogP contribution in [0.2, 0.25) is 0 Å². The lowest BCUT2D eigenvalue weighted by atomic mass is 9.97. The van der Waals surface area contributed by atoms with E-state index >= 15 is 0 Å². The fourth-order valence-electron chi connectivity index (χ4n) is 6.88. The van der Waals surface area contributed by atoms with Crippen molar-refractivity contribution < 1.29 is 48.6 Å². The van der Waals surface area contributed by atoms with E-state index in [9.17, 15) is 48.6 Å². The van der Waals surface area contributed by atoms with Gasteiger partial charge in [0.15, 0.2) is 0 Å². The molecule has 0 aromatic heterocycles. The molecule has 9 atom stereocenters. The number of amides is 7. The highest BCUT2D eigenvalue weighted by molar-refractivity contribution is 5.97. The summed E-state index contributed by atoms with van der Waals surface area (Å²) in [7, 11) is 0. The number of hydrogen-bond acceptors (Lipinski definition) is 11. The molecule has 2 heterocycles. The second-order valence-electron chi connectivity index (χ2n) is 16.4. The number of hydrogen-bond donors (Lipinski definition) is 9. The summed E-state index contributed by atoms with van der Waals surface area (Å²) >= 11 is 0. The number of nitrogens with zero attached hydrogens (tertiary/aromatic N) is 2. The third-order valence-electron chi connectivity index (χ3n) is 10.3. The first-order valence-corrected chi connectivity index (χ1v) is 20.2. The Balaban J connectivity index is 2.31. The van der Waals surface area contributed by atoms with Crippen LogP contribution >= 0.6 is 0 Å². The third kappa shape index (κ3) is 14.2. The second kappa shape index (κ2) is 23.1. The van der Waals surface area contributed by atoms with Crippen molar-refractivity contribution in [3.63, 3.8) is 0 Å². The lowest BCUT2D eigenvalue weighted by Crippen LogP contribution is -2.66. The van der Waals surface area contributed by atoms with Crippen molar-refractivity contribution in [3.05, 3.63) is 0 Å². The molecule has 0 spiro atoms. The molecule has 2 fully saturated rings. The molecule has 0 bridgehead atoms. The van der Waals surface area contributed by atoms with Gasteiger partial charge in [0, 0.05) is 13.1 Å². The average Bonchev–Trinajstić information content (AvgIpc) is 3.15. The average molecular weight is 810 g/mol. The van der Waals surface area contributed by atoms with Gasteiger partial charge in [0.1, 0.15) is 42.3 Å². The Morgan fingerprint density at radius 3 is 1.68 bits per heavy atom. The minimum atomic E-state index is -1.48. The summed E-state index contributed by atoms with van der Waals surface area (Å²) in [6.07, 6.45) is 1.46. The number of aliphatic hydroxyl groups is 1. The fourth-order valence-corrected chi connectivity index (χ4v) is 6.88. The highest BCUT2D eigenvalue weighted by Crippen LogP contribution is 2.19. The van der Waals surface area contributed by atoms with E-state index in [4.69, 9.17) is 0 Å². The molecular weight excluding hydrogens is 742 g/mol. The number of aliphatic hydroxyl groups excluding tert-OH is 1. The first-order valence-electron chi connectivity index (χ1n) is 20.2. The summed E-state index contributed by atoms with van der Waals surface area (Å²) < 4.78 is 0. The number of nitrogens with one attached hydrogen (secondary N) is 7. The van der Waals surface area contributed by atoms with Gasteiger partial charge >= 0.3 is 5.97 Å². The van der Waals surface area contributed by atoms with Crippen molar-refractivity contribution >= 4 is 47.8 Å². The van der Waals surface area contributed by atoms with Gasteiger partial charge in [0.25, 0.3) is 11.8 Å². The fraction of sp³-hybridized carbons (Fsp3) is 0.789. The van der Waals surface area contributed by atoms with Crippen LogP contribution in [0.25, 0.3) is 0 Å². The van der Waals surface area contributed by atoms with Gasteiger partial charge in [-0.25, -0.2) is 15.6 Å². The number of carboxylic acid groups (broad SMARTS) is 1. The summed E-state index contributed by atoms with van der Waals surface area (Å²) in [4.78, 5) is 106. The number of carbonyl (C=O) groups excluding carboxylic acids is 7. The standard InChI is InChI=1S/C38H67N9O10/c1-10-23(8)30(39-19-48)34(52)45-31(24(9)49)35(53)42-25(17-20(2)3)32(50)44-29(22(6)7)37(55)46-27(13-11-15-40-46)33(51)43-26(18-21(4)5)36(54)47-28(38(56)57)14-12-16-41-47/h19-31,40-41,49H,10-18H2,1-9H3,(H,39,48)(H,42,53)(H,43,51)(H,44,50)(H,45,52)(H,56,57). The lowest BCUT2D eigenvalue weighted by Gasteiger charge is -2.40. The van der Waals surface area contributed by atoms with E-state index in [1.54, 1.807) is 20.8 Å². The Labute approximate surface area is 335 Å². The Kier molecular flexibility index (Phi) is 19.8. The largest absolute Gasteiger partial charge is 0.480 e. The zero-order valence-electron chi connectivity index (χ0n) is 34.9. The van der Waals surface area contributed by atoms with Crippen molar-refractivity contribution in [2.75, 3.05) is 13.1 Å². The van der Waals surface area contributed by atoms with E-state index in [2.05, 4.69) is 37.4 Å². The van der Waals surface area contributed by atoms with Crippen molar-refractivity contribution in [2.24, 2.45) is 23.7 Å². The molecule has 19 nitrogen and oxygen atoms in total. The second-order valence-corrected chi connectivity index (χ2v) is 16.4. The maximum absolute atomic E-state index is 14.3. The van der Waals surface area contributed by atoms with E-state index in [0.29, 0.717) is 38.8 Å². The van der Waals surface area contributed by atoms with Crippen LogP contribution in [0.4, 0.5) is 0 Å². The van der Waals surface area contributed by atoms with Gasteiger partial charge in [-0.05, 0) is 69.1 Å². The van der Waals surface area contributed by atoms with E-state index in [1.807, 2.05) is 34.6 Å². The molecule has 2 rings (SSSR count). The van der Waals surface area contributed by atoms with Crippen LogP contribution in [0.15, 0.2) is 0 Å². The molecule has 57 heavy (non-hydrogen) atoms. The third-order valence-corrected chi connectivity index (χ3v) is 10.3. The number of carbonyl (C=O) groups is 8. The van der Waals surface area contributed by atoms with Crippen molar-refractivity contribution in [3.8, 4) is 0 Å². The Morgan fingerprint density at radius 1 is 0.684 bits per heavy atom. The van der Waals surface area contributed by atoms with Crippen LogP contribution in [0.1, 0.15) is 107 Å². The molecule has 9 N–H and O–H groups in total. The topological polar surface area (TPSA) is 268 Å². The van der Waals surface area contributed by atoms with Crippen LogP contribution in [-0.4, -0.2) is 130 Å². The highest BCUT2D eigenvalue weighted by Gasteiger charge is 2.42. The van der Waals surface area contributed by atoms with Gasteiger partial charge in [-0.1, -0.05) is 61.8 Å². The molecule has 2 aliphatic rings. The molecule has 0 aliphatic carbocycles. The van der Waals surface area contributed by atoms with Gasteiger partial charge in [-0.3, -0.25) is 43.6 Å². The van der Waals surface area contributed by atoms with Crippen LogP contribution < -0.4 is 37.4 Å². The van der Waals surface area contributed by atoms with Crippen LogP contribution in [0, 0.1) is 23.7 Å². The van der Waals surface area contributed by atoms with E-state index in [0.717, 1.165) is 10.0 Å². The minimum absolute atomic E-state index is 0.0531. The molecule has 0 aromatic carbocycles. The summed E-state index contributed by atoms with van der Waals surface area (Å²) in [6, 6.07) is -8.08. The van der Waals surface area contributed by atoms with E-state index in [-0.39, 0.29) is 43.4 Å². The Hall–Kier alpha value is -4.36. The van der Waals surface area contributed by atoms with Gasteiger partial charge in [-0.2, -0.15) is 0 Å². The molecular formula is C38H67N9O10. The molecule has 19 heteroatoms. The van der Waals surface area contributed by atoms with Gasteiger partial charge in [0.2, 0.25) is 30.0 Å². The quantitative estimate of drug-likeness (QED) is 0.0652. The normalized spacial score (nSPS) is 21.0. The van der Waals surface area contributed by atoms with E-state index in [1.165, 1.54) is 6.92 Å². The molecule has 0 aromatic rings. The minimum Gasteiger partial charge on any atom is -0.480 e. The molecule has 0 saturated carbocycles. The first-order chi connectivity index (χ1) is 26.7. The smallest absolute Gasteiger partial charge is 0.328 e. The number of rotatable bonds is 21. The van der Waals surface area contributed by atoms with Crippen LogP contribution in [0.3, 0.4) is 0 Å². The molecule has 0 radical (unpaired) electrons. The summed E-state index contributed by atoms with van der Waals surface area (Å²) in [5, 5.41) is 35.6. The predicted octanol–water partition coefficient (Wildman–Crippen LogP) is -0.709. The molecule has 2 saturated heterocycles. The summed E-state index contributed by atoms with van der Waals surface area (Å²) in [6.45, 7) is 16.4. The zero-order valence-corrected chi connectivity index (χ0v) is 34.9. The summed E-state index contributed by atoms with van der Waals surface area (Å²) in [5.74, 6) is -6.21. The van der Waals surface area contributed by atoms with Gasteiger partial charge in [-0.15, -0.1) is 0 Å². The van der Waals surface area contributed by atoms with Gasteiger partial charge < -0.3 is 36.8 Å². The predicted molar refractivity (Wildman–Crippen MR) is 209 cm³/mol. The Bertz CT molecular complexity index is 1410. The first kappa shape index (κ1) is 48.8. The Morgan fingerprint density at radius 2 is 1.19 bits per heavy atom. The molecule has 324 valence electrons. The maximum atomic E-state index is 14.3. The molecule has 2 aliphatic heterocycles. The monoisotopic (exact) mass is 810 g/mol. The van der Waals surface area contributed by atoms with Crippen molar-refractivity contribution in [1.29, 1.82) is 0 Å². The molecule has 9 unspecified atom stereocenters. The SMILES string of the molecule is CCC(C)C(NC=O)C(=O)NC(C(=O)NC(CC(C)C)C(=O)NC(C(=O)N1NCCCC1C(=O)NC(CC(C)C)C(=O)N1NCCCC1C(=O)O)C(C)C)C(C)O. The lowest BCUT2D eigenvalue weighted by molar-refractivity contribution is -0.158. The number of hydrazine groups is 2. The van der Waals surface area contributed by atoms with Crippen molar-refractivity contribution in [1.82, 2.24) is 47.5 Å². The van der Waals surface area contributed by atoms with Crippen molar-refractivity contribution in [2.45, 2.75) is 156 Å². The number of carboxylic acids is 1.